The van der Waals surface area contributed by atoms with E-state index in [2.05, 4.69) is 5.32 Å². The highest BCUT2D eigenvalue weighted by Crippen LogP contribution is 2.33. The highest BCUT2D eigenvalue weighted by Gasteiger charge is 2.41. The van der Waals surface area contributed by atoms with E-state index in [1.165, 1.54) is 0 Å². The zero-order valence-corrected chi connectivity index (χ0v) is 11.7. The Kier molecular flexibility index (Phi) is 6.56. The third-order valence-corrected chi connectivity index (χ3v) is 3.55. The number of aliphatic hydroxyl groups excluding tert-OH is 1. The van der Waals surface area contributed by atoms with Crippen LogP contribution in [0.25, 0.3) is 0 Å². The van der Waals surface area contributed by atoms with Crippen LogP contribution >= 0.6 is 0 Å². The van der Waals surface area contributed by atoms with Crippen LogP contribution < -0.4 is 5.32 Å². The van der Waals surface area contributed by atoms with Crippen molar-refractivity contribution in [3.63, 3.8) is 0 Å². The van der Waals surface area contributed by atoms with Crippen molar-refractivity contribution in [1.82, 2.24) is 10.2 Å². The summed E-state index contributed by atoms with van der Waals surface area (Å²) in [4.78, 5) is 1.87. The van der Waals surface area contributed by atoms with E-state index >= 15 is 0 Å². The molecule has 0 aliphatic carbocycles. The summed E-state index contributed by atoms with van der Waals surface area (Å²) in [6.45, 7) is 5.44. The van der Waals surface area contributed by atoms with Crippen molar-refractivity contribution in [2.24, 2.45) is 5.92 Å². The van der Waals surface area contributed by atoms with Crippen molar-refractivity contribution in [1.29, 1.82) is 0 Å². The van der Waals surface area contributed by atoms with Crippen LogP contribution in [-0.2, 0) is 0 Å². The number of piperidine rings is 1. The Bertz CT molecular complexity index is 259. The number of rotatable bonds is 6. The number of likely N-dealkylation sites (tertiary alicyclic amines) is 1. The molecule has 0 radical (unpaired) electrons. The summed E-state index contributed by atoms with van der Waals surface area (Å²) in [6.07, 6.45) is -2.55. The van der Waals surface area contributed by atoms with Crippen LogP contribution in [0.15, 0.2) is 0 Å². The molecule has 0 aromatic rings. The van der Waals surface area contributed by atoms with Gasteiger partial charge in [0.1, 0.15) is 0 Å². The molecular weight excluding hydrogens is 257 g/mol. The summed E-state index contributed by atoms with van der Waals surface area (Å²) in [5.74, 6) is -1.19. The molecule has 2 unspecified atom stereocenters. The van der Waals surface area contributed by atoms with Crippen molar-refractivity contribution in [3.8, 4) is 0 Å². The smallest absolute Gasteiger partial charge is 0.393 e. The van der Waals surface area contributed by atoms with Gasteiger partial charge in [-0.3, -0.25) is 0 Å². The third-order valence-electron chi connectivity index (χ3n) is 3.55. The van der Waals surface area contributed by atoms with Crippen molar-refractivity contribution in [2.45, 2.75) is 51.4 Å². The average molecular weight is 282 g/mol. The molecule has 1 heterocycles. The van der Waals surface area contributed by atoms with E-state index in [1.807, 2.05) is 18.7 Å². The van der Waals surface area contributed by atoms with Crippen molar-refractivity contribution in [3.05, 3.63) is 0 Å². The fourth-order valence-corrected chi connectivity index (χ4v) is 2.56. The van der Waals surface area contributed by atoms with Gasteiger partial charge in [-0.25, -0.2) is 0 Å². The van der Waals surface area contributed by atoms with Gasteiger partial charge in [0.25, 0.3) is 0 Å². The van der Waals surface area contributed by atoms with Gasteiger partial charge in [-0.1, -0.05) is 13.8 Å². The van der Waals surface area contributed by atoms with Gasteiger partial charge in [-0.2, -0.15) is 13.2 Å². The van der Waals surface area contributed by atoms with Crippen LogP contribution in [0.3, 0.4) is 0 Å². The van der Waals surface area contributed by atoms with E-state index in [9.17, 15) is 18.3 Å². The van der Waals surface area contributed by atoms with Crippen LogP contribution in [-0.4, -0.2) is 54.5 Å². The lowest BCUT2D eigenvalue weighted by molar-refractivity contribution is -0.186. The van der Waals surface area contributed by atoms with E-state index in [1.54, 1.807) is 0 Å². The SMILES string of the molecule is CC(C)NC(CO)CCN1CCCC(C(F)(F)F)C1. The maximum absolute atomic E-state index is 12.7. The maximum atomic E-state index is 12.7. The van der Waals surface area contributed by atoms with Crippen LogP contribution in [0.2, 0.25) is 0 Å². The van der Waals surface area contributed by atoms with Gasteiger partial charge >= 0.3 is 6.18 Å². The summed E-state index contributed by atoms with van der Waals surface area (Å²) in [7, 11) is 0. The molecule has 2 N–H and O–H groups in total. The lowest BCUT2D eigenvalue weighted by Crippen LogP contribution is -2.45. The summed E-state index contributed by atoms with van der Waals surface area (Å²) < 4.78 is 38.0. The quantitative estimate of drug-likeness (QED) is 0.782. The van der Waals surface area contributed by atoms with Crippen LogP contribution in [0.5, 0.6) is 0 Å². The van der Waals surface area contributed by atoms with Gasteiger partial charge in [-0.15, -0.1) is 0 Å². The summed E-state index contributed by atoms with van der Waals surface area (Å²) in [5, 5.41) is 12.4. The van der Waals surface area contributed by atoms with Gasteiger partial charge in [0.05, 0.1) is 12.5 Å². The van der Waals surface area contributed by atoms with Gasteiger partial charge in [0.2, 0.25) is 0 Å². The van der Waals surface area contributed by atoms with Crippen LogP contribution in [0.4, 0.5) is 13.2 Å². The minimum absolute atomic E-state index is 0.0225. The first kappa shape index (κ1) is 16.7. The number of nitrogens with one attached hydrogen (secondary N) is 1. The molecule has 0 aromatic carbocycles. The summed E-state index contributed by atoms with van der Waals surface area (Å²) >= 11 is 0. The second kappa shape index (κ2) is 7.45. The minimum atomic E-state index is -4.08. The Morgan fingerprint density at radius 2 is 2.05 bits per heavy atom. The molecular formula is C13H25F3N2O. The molecule has 0 saturated carbocycles. The number of aliphatic hydroxyl groups is 1. The zero-order chi connectivity index (χ0) is 14.5. The standard InChI is InChI=1S/C13H25F3N2O/c1-10(2)17-12(9-19)5-7-18-6-3-4-11(8-18)13(14,15)16/h10-12,17,19H,3-9H2,1-2H3. The number of hydrogen-bond donors (Lipinski definition) is 2. The topological polar surface area (TPSA) is 35.5 Å². The summed E-state index contributed by atoms with van der Waals surface area (Å²) in [5.41, 5.74) is 0. The number of hydrogen-bond acceptors (Lipinski definition) is 3. The van der Waals surface area contributed by atoms with Gasteiger partial charge in [0, 0.05) is 18.6 Å². The highest BCUT2D eigenvalue weighted by molar-refractivity contribution is 4.79. The third kappa shape index (κ3) is 6.10. The predicted molar refractivity (Wildman–Crippen MR) is 69.0 cm³/mol. The van der Waals surface area contributed by atoms with Crippen molar-refractivity contribution >= 4 is 0 Å². The van der Waals surface area contributed by atoms with Crippen molar-refractivity contribution < 1.29 is 18.3 Å². The first-order chi connectivity index (χ1) is 8.82. The largest absolute Gasteiger partial charge is 0.395 e. The van der Waals surface area contributed by atoms with E-state index in [0.717, 1.165) is 6.54 Å². The molecule has 0 spiro atoms. The fraction of sp³-hybridized carbons (Fsp3) is 1.00. The normalized spacial score (nSPS) is 23.8. The Morgan fingerprint density at radius 1 is 1.37 bits per heavy atom. The van der Waals surface area contributed by atoms with Gasteiger partial charge in [-0.05, 0) is 32.4 Å². The minimum Gasteiger partial charge on any atom is -0.395 e. The first-order valence-electron chi connectivity index (χ1n) is 6.99. The Balaban J connectivity index is 2.36. The highest BCUT2D eigenvalue weighted by atomic mass is 19.4. The molecule has 114 valence electrons. The zero-order valence-electron chi connectivity index (χ0n) is 11.7. The number of alkyl halides is 3. The predicted octanol–water partition coefficient (Wildman–Crippen LogP) is 2.01. The molecule has 1 aliphatic heterocycles. The van der Waals surface area contributed by atoms with E-state index < -0.39 is 12.1 Å². The molecule has 1 aliphatic rings. The molecule has 6 heteroatoms. The monoisotopic (exact) mass is 282 g/mol. The maximum Gasteiger partial charge on any atom is 0.393 e. The van der Waals surface area contributed by atoms with Crippen LogP contribution in [0, 0.1) is 5.92 Å². The molecule has 0 bridgehead atoms. The molecule has 0 amide bonds. The lowest BCUT2D eigenvalue weighted by atomic mass is 9.97. The molecule has 0 aromatic heterocycles. The Morgan fingerprint density at radius 3 is 2.58 bits per heavy atom. The Labute approximate surface area is 113 Å². The molecule has 1 rings (SSSR count). The van der Waals surface area contributed by atoms with E-state index in [-0.39, 0.29) is 31.7 Å². The molecule has 1 saturated heterocycles. The molecule has 2 atom stereocenters. The summed E-state index contributed by atoms with van der Waals surface area (Å²) in [6, 6.07) is 0.229. The second-order valence-corrected chi connectivity index (χ2v) is 5.67. The number of halogens is 3. The van der Waals surface area contributed by atoms with E-state index in [4.69, 9.17) is 0 Å². The van der Waals surface area contributed by atoms with Crippen LogP contribution in [0.1, 0.15) is 33.1 Å². The second-order valence-electron chi connectivity index (χ2n) is 5.67. The van der Waals surface area contributed by atoms with Gasteiger partial charge in [0.15, 0.2) is 0 Å². The van der Waals surface area contributed by atoms with Gasteiger partial charge < -0.3 is 15.3 Å². The lowest BCUT2D eigenvalue weighted by Gasteiger charge is -2.34. The fourth-order valence-electron chi connectivity index (χ4n) is 2.56. The molecule has 3 nitrogen and oxygen atoms in total. The number of nitrogens with zero attached hydrogens (tertiary/aromatic N) is 1. The van der Waals surface area contributed by atoms with Crippen molar-refractivity contribution in [2.75, 3.05) is 26.2 Å². The van der Waals surface area contributed by atoms with E-state index in [0.29, 0.717) is 19.4 Å². The average Bonchev–Trinajstić information content (AvgIpc) is 2.33. The molecule has 19 heavy (non-hydrogen) atoms. The molecule has 1 fully saturated rings. The Hall–Kier alpha value is -0.330. The first-order valence-corrected chi connectivity index (χ1v) is 6.99.